The van der Waals surface area contributed by atoms with Crippen LogP contribution in [-0.4, -0.2) is 27.4 Å². The number of aryl methyl sites for hydroxylation is 1. The first-order valence-corrected chi connectivity index (χ1v) is 6.63. The van der Waals surface area contributed by atoms with Crippen molar-refractivity contribution in [3.63, 3.8) is 0 Å². The van der Waals surface area contributed by atoms with Crippen LogP contribution in [-0.2, 0) is 0 Å². The first-order chi connectivity index (χ1) is 9.18. The Bertz CT molecular complexity index is 627. The van der Waals surface area contributed by atoms with Gasteiger partial charge in [0.05, 0.1) is 5.56 Å². The number of hydrogen-bond acceptors (Lipinski definition) is 3. The molecule has 1 fully saturated rings. The lowest BCUT2D eigenvalue weighted by atomic mass is 10.1. The van der Waals surface area contributed by atoms with Crippen LogP contribution in [0.3, 0.4) is 0 Å². The van der Waals surface area contributed by atoms with E-state index in [-0.39, 0.29) is 11.7 Å². The third kappa shape index (κ3) is 2.00. The van der Waals surface area contributed by atoms with Crippen molar-refractivity contribution in [2.24, 2.45) is 0 Å². The first-order valence-electron chi connectivity index (χ1n) is 6.63. The fraction of sp³-hybridized carbons (Fsp3) is 0.429. The topological polar surface area (TPSA) is 67.1 Å². The van der Waals surface area contributed by atoms with Gasteiger partial charge in [0.25, 0.3) is 0 Å². The summed E-state index contributed by atoms with van der Waals surface area (Å²) in [7, 11) is 0. The molecule has 19 heavy (non-hydrogen) atoms. The van der Waals surface area contributed by atoms with Crippen LogP contribution in [0.1, 0.15) is 41.5 Å². The van der Waals surface area contributed by atoms with Crippen molar-refractivity contribution in [2.45, 2.75) is 32.4 Å². The van der Waals surface area contributed by atoms with E-state index in [1.54, 1.807) is 12.1 Å². The lowest BCUT2D eigenvalue weighted by molar-refractivity contribution is 0.0698. The highest BCUT2D eigenvalue weighted by atomic mass is 16.4. The van der Waals surface area contributed by atoms with E-state index in [0.717, 1.165) is 24.0 Å². The summed E-state index contributed by atoms with van der Waals surface area (Å²) in [6, 6.07) is 5.32. The smallest absolute Gasteiger partial charge is 0.337 e. The van der Waals surface area contributed by atoms with Crippen LogP contribution >= 0.6 is 0 Å². The summed E-state index contributed by atoms with van der Waals surface area (Å²) >= 11 is 0. The molecule has 1 aliphatic rings. The van der Waals surface area contributed by atoms with Crippen LogP contribution in [0.15, 0.2) is 18.2 Å². The molecule has 1 aromatic carbocycles. The number of fused-ring (bicyclic) bond motifs is 1. The molecule has 0 amide bonds. The molecule has 5 nitrogen and oxygen atoms in total. The molecule has 1 unspecified atom stereocenters. The van der Waals surface area contributed by atoms with Gasteiger partial charge in [-0.15, -0.1) is 0 Å². The molecular weight excluding hydrogens is 242 g/mol. The quantitative estimate of drug-likeness (QED) is 0.868. The Kier molecular flexibility index (Phi) is 2.98. The molecule has 1 atom stereocenters. The van der Waals surface area contributed by atoms with E-state index in [9.17, 15) is 9.90 Å². The molecular formula is C14H17N3O2. The van der Waals surface area contributed by atoms with Crippen molar-refractivity contribution in [1.29, 1.82) is 0 Å². The van der Waals surface area contributed by atoms with Crippen LogP contribution in [0.2, 0.25) is 0 Å². The Morgan fingerprint density at radius 2 is 2.32 bits per heavy atom. The van der Waals surface area contributed by atoms with Gasteiger partial charge in [-0.05, 0) is 38.8 Å². The molecule has 2 N–H and O–H groups in total. The van der Waals surface area contributed by atoms with Crippen molar-refractivity contribution in [1.82, 2.24) is 15.1 Å². The number of carboxylic acids is 1. The van der Waals surface area contributed by atoms with E-state index in [1.807, 2.05) is 17.7 Å². The molecule has 0 radical (unpaired) electrons. The molecule has 0 bridgehead atoms. The van der Waals surface area contributed by atoms with Gasteiger partial charge in [0.2, 0.25) is 0 Å². The zero-order valence-corrected chi connectivity index (χ0v) is 10.9. The third-order valence-electron chi connectivity index (χ3n) is 3.79. The summed E-state index contributed by atoms with van der Waals surface area (Å²) in [5.41, 5.74) is 1.88. The van der Waals surface area contributed by atoms with Crippen LogP contribution in [0.25, 0.3) is 10.9 Å². The van der Waals surface area contributed by atoms with Gasteiger partial charge >= 0.3 is 5.97 Å². The fourth-order valence-electron chi connectivity index (χ4n) is 2.77. The minimum absolute atomic E-state index is 0.183. The monoisotopic (exact) mass is 259 g/mol. The molecule has 0 saturated carbocycles. The third-order valence-corrected chi connectivity index (χ3v) is 3.79. The second-order valence-electron chi connectivity index (χ2n) is 5.00. The molecule has 1 aromatic heterocycles. The summed E-state index contributed by atoms with van der Waals surface area (Å²) in [5, 5.41) is 18.1. The maximum atomic E-state index is 11.2. The van der Waals surface area contributed by atoms with Gasteiger partial charge in [0.15, 0.2) is 0 Å². The lowest BCUT2D eigenvalue weighted by Crippen LogP contribution is -2.32. The molecule has 3 rings (SSSR count). The van der Waals surface area contributed by atoms with E-state index in [1.165, 1.54) is 12.8 Å². The largest absolute Gasteiger partial charge is 0.478 e. The Morgan fingerprint density at radius 3 is 3.00 bits per heavy atom. The zero-order chi connectivity index (χ0) is 13.4. The minimum atomic E-state index is -0.924. The maximum Gasteiger partial charge on any atom is 0.337 e. The van der Waals surface area contributed by atoms with Gasteiger partial charge in [0, 0.05) is 11.1 Å². The Morgan fingerprint density at radius 1 is 1.47 bits per heavy atom. The zero-order valence-electron chi connectivity index (χ0n) is 10.9. The fourth-order valence-corrected chi connectivity index (χ4v) is 2.77. The van der Waals surface area contributed by atoms with Gasteiger partial charge in [-0.1, -0.05) is 12.1 Å². The summed E-state index contributed by atoms with van der Waals surface area (Å²) in [4.78, 5) is 11.2. The highest BCUT2D eigenvalue weighted by Crippen LogP contribution is 2.26. The summed E-state index contributed by atoms with van der Waals surface area (Å²) in [6.45, 7) is 2.99. The van der Waals surface area contributed by atoms with E-state index in [2.05, 4.69) is 10.4 Å². The van der Waals surface area contributed by atoms with E-state index >= 15 is 0 Å². The molecule has 100 valence electrons. The van der Waals surface area contributed by atoms with Crippen molar-refractivity contribution < 1.29 is 9.90 Å². The molecule has 0 aliphatic carbocycles. The average molecular weight is 259 g/mol. The predicted molar refractivity (Wildman–Crippen MR) is 72.3 cm³/mol. The van der Waals surface area contributed by atoms with Crippen LogP contribution in [0.4, 0.5) is 0 Å². The standard InChI is InChI=1S/C14H17N3O2/c1-9-10-5-4-6-11(14(18)19)13(10)16-17(9)12-7-2-3-8-15-12/h4-6,12,15H,2-3,7-8H2,1H3,(H,18,19). The van der Waals surface area contributed by atoms with Gasteiger partial charge in [0.1, 0.15) is 11.7 Å². The molecule has 5 heteroatoms. The molecule has 2 heterocycles. The van der Waals surface area contributed by atoms with Gasteiger partial charge in [-0.25, -0.2) is 4.79 Å². The summed E-state index contributed by atoms with van der Waals surface area (Å²) in [5.74, 6) is -0.924. The number of carbonyl (C=O) groups is 1. The Labute approximate surface area is 111 Å². The van der Waals surface area contributed by atoms with E-state index in [0.29, 0.717) is 5.52 Å². The number of piperidine rings is 1. The average Bonchev–Trinajstić information content (AvgIpc) is 2.77. The predicted octanol–water partition coefficient (Wildman–Crippen LogP) is 2.32. The molecule has 0 spiro atoms. The van der Waals surface area contributed by atoms with Crippen molar-refractivity contribution in [3.8, 4) is 0 Å². The SMILES string of the molecule is Cc1c2cccc(C(=O)O)c2nn1C1CCCCN1. The first kappa shape index (κ1) is 12.2. The van der Waals surface area contributed by atoms with Crippen LogP contribution in [0.5, 0.6) is 0 Å². The van der Waals surface area contributed by atoms with E-state index < -0.39 is 5.97 Å². The Hall–Kier alpha value is -1.88. The van der Waals surface area contributed by atoms with Gasteiger partial charge in [-0.3, -0.25) is 10.00 Å². The number of aromatic nitrogens is 2. The number of carboxylic acid groups (broad SMARTS) is 1. The number of hydrogen-bond donors (Lipinski definition) is 2. The maximum absolute atomic E-state index is 11.2. The van der Waals surface area contributed by atoms with Crippen LogP contribution < -0.4 is 5.32 Å². The lowest BCUT2D eigenvalue weighted by Gasteiger charge is -2.24. The number of rotatable bonds is 2. The van der Waals surface area contributed by atoms with Crippen molar-refractivity contribution in [3.05, 3.63) is 29.5 Å². The normalized spacial score (nSPS) is 19.7. The molecule has 1 saturated heterocycles. The number of benzene rings is 1. The number of aromatic carboxylic acids is 1. The van der Waals surface area contributed by atoms with Crippen molar-refractivity contribution in [2.75, 3.05) is 6.54 Å². The Balaban J connectivity index is 2.13. The molecule has 2 aromatic rings. The number of nitrogens with one attached hydrogen (secondary N) is 1. The van der Waals surface area contributed by atoms with E-state index in [4.69, 9.17) is 0 Å². The summed E-state index contributed by atoms with van der Waals surface area (Å²) in [6.07, 6.45) is 3.59. The highest BCUT2D eigenvalue weighted by molar-refractivity contribution is 6.02. The molecule has 1 aliphatic heterocycles. The number of nitrogens with zero attached hydrogens (tertiary/aromatic N) is 2. The van der Waals surface area contributed by atoms with Crippen LogP contribution in [0, 0.1) is 6.92 Å². The minimum Gasteiger partial charge on any atom is -0.478 e. The second kappa shape index (κ2) is 4.66. The van der Waals surface area contributed by atoms with Crippen molar-refractivity contribution >= 4 is 16.9 Å². The summed E-state index contributed by atoms with van der Waals surface area (Å²) < 4.78 is 1.94. The second-order valence-corrected chi connectivity index (χ2v) is 5.00. The van der Waals surface area contributed by atoms with Gasteiger partial charge in [-0.2, -0.15) is 5.10 Å². The highest BCUT2D eigenvalue weighted by Gasteiger charge is 2.21. The van der Waals surface area contributed by atoms with Gasteiger partial charge < -0.3 is 5.11 Å².